The van der Waals surface area contributed by atoms with Crippen molar-refractivity contribution in [3.8, 4) is 0 Å². The number of ketones is 1. The fraction of sp³-hybridized carbons (Fsp3) is 0.250. The molecule has 4 nitrogen and oxygen atoms in total. The first kappa shape index (κ1) is 16.1. The van der Waals surface area contributed by atoms with Gasteiger partial charge in [-0.25, -0.2) is 0 Å². The summed E-state index contributed by atoms with van der Waals surface area (Å²) in [5.74, 6) is -0.199. The average molecular weight is 321 g/mol. The summed E-state index contributed by atoms with van der Waals surface area (Å²) >= 11 is 0. The molecule has 0 saturated heterocycles. The summed E-state index contributed by atoms with van der Waals surface area (Å²) in [5, 5.41) is 0. The number of hydrogen-bond acceptors (Lipinski definition) is 3. The lowest BCUT2D eigenvalue weighted by molar-refractivity contribution is -0.137. The minimum absolute atomic E-state index is 0.0518. The summed E-state index contributed by atoms with van der Waals surface area (Å²) in [6.45, 7) is 0.429. The van der Waals surface area contributed by atoms with Gasteiger partial charge in [-0.05, 0) is 11.1 Å². The van der Waals surface area contributed by atoms with Crippen molar-refractivity contribution in [1.82, 2.24) is 4.90 Å². The summed E-state index contributed by atoms with van der Waals surface area (Å²) < 4.78 is 0. The first-order chi connectivity index (χ1) is 11.7. The zero-order valence-corrected chi connectivity index (χ0v) is 13.4. The molecule has 0 aliphatic carbocycles. The first-order valence-electron chi connectivity index (χ1n) is 8.09. The number of Topliss-reactive ketones (excluding diaryl/α,β-unsaturated/α-hetero) is 1. The van der Waals surface area contributed by atoms with Crippen LogP contribution in [-0.4, -0.2) is 28.9 Å². The lowest BCUT2D eigenvalue weighted by Gasteiger charge is -2.34. The van der Waals surface area contributed by atoms with Gasteiger partial charge < -0.3 is 9.69 Å². The van der Waals surface area contributed by atoms with Crippen LogP contribution in [0, 0.1) is 0 Å². The summed E-state index contributed by atoms with van der Waals surface area (Å²) in [5.41, 5.74) is 2.79. The van der Waals surface area contributed by atoms with Gasteiger partial charge >= 0.3 is 0 Å². The van der Waals surface area contributed by atoms with Crippen LogP contribution in [0.25, 0.3) is 0 Å². The molecule has 0 aromatic heterocycles. The van der Waals surface area contributed by atoms with E-state index in [1.165, 1.54) is 0 Å². The van der Waals surface area contributed by atoms with E-state index >= 15 is 0 Å². The summed E-state index contributed by atoms with van der Waals surface area (Å²) in [4.78, 5) is 37.6. The number of rotatable bonds is 5. The predicted molar refractivity (Wildman–Crippen MR) is 90.6 cm³/mol. The van der Waals surface area contributed by atoms with Crippen LogP contribution in [-0.2, 0) is 22.6 Å². The molecular weight excluding hydrogens is 302 g/mol. The Kier molecular flexibility index (Phi) is 4.85. The zero-order valence-electron chi connectivity index (χ0n) is 13.4. The molecule has 2 aromatic carbocycles. The Hall–Kier alpha value is -2.75. The monoisotopic (exact) mass is 321 g/mol. The van der Waals surface area contributed by atoms with Crippen molar-refractivity contribution < 1.29 is 14.4 Å². The van der Waals surface area contributed by atoms with Gasteiger partial charge in [-0.15, -0.1) is 0 Å². The summed E-state index contributed by atoms with van der Waals surface area (Å²) in [6, 6.07) is 16.4. The van der Waals surface area contributed by atoms with E-state index in [4.69, 9.17) is 0 Å². The standard InChI is InChI=1S/C20H19NO3/c22-14-18-12-16-8-4-5-9-17(16)13-21(18)20(24)11-10-19(23)15-6-2-1-3-7-15/h1-9,14,18H,10-13H2/t18-/m0/s1. The molecule has 1 aliphatic rings. The van der Waals surface area contributed by atoms with E-state index < -0.39 is 6.04 Å². The Morgan fingerprint density at radius 1 is 0.958 bits per heavy atom. The number of hydrogen-bond donors (Lipinski definition) is 0. The Morgan fingerprint density at radius 2 is 1.62 bits per heavy atom. The van der Waals surface area contributed by atoms with Crippen molar-refractivity contribution in [2.24, 2.45) is 0 Å². The summed E-state index contributed by atoms with van der Waals surface area (Å²) in [6.07, 6.45) is 1.65. The molecule has 2 aromatic rings. The molecule has 1 atom stereocenters. The quantitative estimate of drug-likeness (QED) is 0.628. The van der Waals surface area contributed by atoms with Gasteiger partial charge in [0.2, 0.25) is 5.91 Å². The second-order valence-electron chi connectivity index (χ2n) is 5.99. The van der Waals surface area contributed by atoms with Gasteiger partial charge in [-0.1, -0.05) is 54.6 Å². The molecule has 4 heteroatoms. The highest BCUT2D eigenvalue weighted by molar-refractivity contribution is 5.98. The predicted octanol–water partition coefficient (Wildman–Crippen LogP) is 2.80. The Balaban J connectivity index is 1.66. The smallest absolute Gasteiger partial charge is 0.223 e. The molecule has 122 valence electrons. The highest BCUT2D eigenvalue weighted by Gasteiger charge is 2.29. The van der Waals surface area contributed by atoms with Gasteiger partial charge in [0, 0.05) is 31.4 Å². The van der Waals surface area contributed by atoms with Crippen LogP contribution < -0.4 is 0 Å². The number of carbonyl (C=O) groups excluding carboxylic acids is 3. The van der Waals surface area contributed by atoms with Crippen molar-refractivity contribution in [1.29, 1.82) is 0 Å². The third-order valence-corrected chi connectivity index (χ3v) is 4.43. The van der Waals surface area contributed by atoms with Gasteiger partial charge in [0.25, 0.3) is 0 Å². The molecule has 0 unspecified atom stereocenters. The van der Waals surface area contributed by atoms with Crippen LogP contribution in [0.3, 0.4) is 0 Å². The molecule has 1 amide bonds. The number of amides is 1. The topological polar surface area (TPSA) is 54.5 Å². The maximum atomic E-state index is 12.5. The van der Waals surface area contributed by atoms with Gasteiger partial charge in [-0.3, -0.25) is 9.59 Å². The van der Waals surface area contributed by atoms with Crippen molar-refractivity contribution in [2.75, 3.05) is 0 Å². The SMILES string of the molecule is O=C[C@@H]1Cc2ccccc2CN1C(=O)CCC(=O)c1ccccc1. The average Bonchev–Trinajstić information content (AvgIpc) is 2.65. The molecule has 3 rings (SSSR count). The van der Waals surface area contributed by atoms with E-state index in [2.05, 4.69) is 0 Å². The lowest BCUT2D eigenvalue weighted by Crippen LogP contribution is -2.45. The minimum Gasteiger partial charge on any atom is -0.328 e. The molecule has 1 heterocycles. The normalized spacial score (nSPS) is 16.3. The van der Waals surface area contributed by atoms with Gasteiger partial charge in [0.1, 0.15) is 6.29 Å². The van der Waals surface area contributed by atoms with Crippen LogP contribution in [0.2, 0.25) is 0 Å². The molecule has 0 fully saturated rings. The van der Waals surface area contributed by atoms with Crippen LogP contribution in [0.5, 0.6) is 0 Å². The number of aldehydes is 1. The van der Waals surface area contributed by atoms with E-state index in [-0.39, 0.29) is 24.5 Å². The fourth-order valence-corrected chi connectivity index (χ4v) is 3.07. The number of nitrogens with zero attached hydrogens (tertiary/aromatic N) is 1. The lowest BCUT2D eigenvalue weighted by atomic mass is 9.94. The Bertz CT molecular complexity index is 754. The fourth-order valence-electron chi connectivity index (χ4n) is 3.07. The maximum Gasteiger partial charge on any atom is 0.223 e. The molecule has 1 aliphatic heterocycles. The van der Waals surface area contributed by atoms with E-state index in [1.807, 2.05) is 30.3 Å². The third kappa shape index (κ3) is 3.43. The van der Waals surface area contributed by atoms with Crippen LogP contribution in [0.4, 0.5) is 0 Å². The molecule has 24 heavy (non-hydrogen) atoms. The molecular formula is C20H19NO3. The molecule has 0 N–H and O–H groups in total. The summed E-state index contributed by atoms with van der Waals surface area (Å²) in [7, 11) is 0. The van der Waals surface area contributed by atoms with Crippen molar-refractivity contribution in [3.05, 3.63) is 71.3 Å². The highest BCUT2D eigenvalue weighted by atomic mass is 16.2. The van der Waals surface area contributed by atoms with Gasteiger partial charge in [0.15, 0.2) is 5.78 Å². The van der Waals surface area contributed by atoms with Crippen molar-refractivity contribution >= 4 is 18.0 Å². The second kappa shape index (κ2) is 7.21. The largest absolute Gasteiger partial charge is 0.328 e. The van der Waals surface area contributed by atoms with Crippen LogP contribution in [0.15, 0.2) is 54.6 Å². The van der Waals surface area contributed by atoms with Crippen LogP contribution >= 0.6 is 0 Å². The number of benzene rings is 2. The first-order valence-corrected chi connectivity index (χ1v) is 8.09. The van der Waals surface area contributed by atoms with E-state index in [0.29, 0.717) is 18.5 Å². The van der Waals surface area contributed by atoms with Gasteiger partial charge in [-0.2, -0.15) is 0 Å². The number of carbonyl (C=O) groups is 3. The minimum atomic E-state index is -0.445. The Morgan fingerprint density at radius 3 is 2.33 bits per heavy atom. The van der Waals surface area contributed by atoms with E-state index in [1.54, 1.807) is 29.2 Å². The van der Waals surface area contributed by atoms with Crippen molar-refractivity contribution in [2.45, 2.75) is 31.8 Å². The number of fused-ring (bicyclic) bond motifs is 1. The molecule has 0 saturated carbocycles. The molecule has 0 spiro atoms. The van der Waals surface area contributed by atoms with Gasteiger partial charge in [0.05, 0.1) is 6.04 Å². The molecule has 0 radical (unpaired) electrons. The third-order valence-electron chi connectivity index (χ3n) is 4.43. The van der Waals surface area contributed by atoms with Crippen molar-refractivity contribution in [3.63, 3.8) is 0 Å². The Labute approximate surface area is 141 Å². The maximum absolute atomic E-state index is 12.5. The zero-order chi connectivity index (χ0) is 16.9. The highest BCUT2D eigenvalue weighted by Crippen LogP contribution is 2.23. The van der Waals surface area contributed by atoms with E-state index in [0.717, 1.165) is 17.4 Å². The van der Waals surface area contributed by atoms with Crippen LogP contribution in [0.1, 0.15) is 34.3 Å². The molecule has 0 bridgehead atoms. The van der Waals surface area contributed by atoms with E-state index in [9.17, 15) is 14.4 Å². The second-order valence-corrected chi connectivity index (χ2v) is 5.99.